The standard InChI is InChI=1S/C53H33F6N3/c1-31-14-18-33(19-15-31)35-22-24-47-41(26-35)38-8-3-5-12-45(38)61(47)49-28-37(30-60)40(51-43(52(54,55)56)10-7-11-44(51)53(57,58)59)29-50(49)62-46-13-6-4-9-39(46)42-27-36(23-25-48(42)62)34-20-16-32(2)17-21-34/h3-29H,1-2H3. The third-order valence-electron chi connectivity index (χ3n) is 11.8. The first kappa shape index (κ1) is 38.6. The summed E-state index contributed by atoms with van der Waals surface area (Å²) in [4.78, 5) is 0. The van der Waals surface area contributed by atoms with E-state index in [4.69, 9.17) is 0 Å². The lowest BCUT2D eigenvalue weighted by Crippen LogP contribution is -2.15. The van der Waals surface area contributed by atoms with Gasteiger partial charge in [-0.3, -0.25) is 0 Å². The molecule has 0 saturated carbocycles. The van der Waals surface area contributed by atoms with Crippen LogP contribution in [-0.4, -0.2) is 9.13 Å². The second kappa shape index (κ2) is 14.3. The first-order chi connectivity index (χ1) is 29.8. The molecule has 0 aliphatic carbocycles. The summed E-state index contributed by atoms with van der Waals surface area (Å²) >= 11 is 0. The van der Waals surface area contributed by atoms with Gasteiger partial charge in [0.15, 0.2) is 0 Å². The molecule has 62 heavy (non-hydrogen) atoms. The van der Waals surface area contributed by atoms with Gasteiger partial charge in [0.1, 0.15) is 0 Å². The Morgan fingerprint density at radius 1 is 0.419 bits per heavy atom. The first-order valence-corrected chi connectivity index (χ1v) is 19.9. The number of fused-ring (bicyclic) bond motifs is 6. The molecule has 0 N–H and O–H groups in total. The summed E-state index contributed by atoms with van der Waals surface area (Å²) in [7, 11) is 0. The smallest absolute Gasteiger partial charge is 0.307 e. The number of halogens is 6. The molecule has 0 saturated heterocycles. The maximum Gasteiger partial charge on any atom is 0.417 e. The Balaban J connectivity index is 1.35. The molecule has 9 heteroatoms. The van der Waals surface area contributed by atoms with Crippen LogP contribution in [0, 0.1) is 25.2 Å². The molecule has 0 aliphatic heterocycles. The topological polar surface area (TPSA) is 33.6 Å². The molecule has 0 fully saturated rings. The van der Waals surface area contributed by atoms with E-state index in [2.05, 4.69) is 12.1 Å². The third kappa shape index (κ3) is 6.29. The van der Waals surface area contributed by atoms with E-state index in [9.17, 15) is 31.6 Å². The molecule has 0 radical (unpaired) electrons. The highest BCUT2D eigenvalue weighted by molar-refractivity contribution is 6.13. The van der Waals surface area contributed by atoms with Crippen molar-refractivity contribution in [2.45, 2.75) is 26.2 Å². The van der Waals surface area contributed by atoms with E-state index < -0.39 is 34.6 Å². The molecule has 0 atom stereocenters. The number of nitriles is 1. The molecule has 0 bridgehead atoms. The molecule has 10 rings (SSSR count). The summed E-state index contributed by atoms with van der Waals surface area (Å²) in [5.74, 6) is 0. The number of alkyl halides is 6. The van der Waals surface area contributed by atoms with Gasteiger partial charge in [0.25, 0.3) is 0 Å². The van der Waals surface area contributed by atoms with Crippen LogP contribution in [0.2, 0.25) is 0 Å². The number of aryl methyl sites for hydroxylation is 2. The fourth-order valence-corrected chi connectivity index (χ4v) is 8.87. The van der Waals surface area contributed by atoms with E-state index in [0.717, 1.165) is 72.0 Å². The van der Waals surface area contributed by atoms with Crippen molar-refractivity contribution < 1.29 is 26.3 Å². The Hall–Kier alpha value is -7.57. The van der Waals surface area contributed by atoms with Gasteiger partial charge in [-0.2, -0.15) is 31.6 Å². The van der Waals surface area contributed by atoms with E-state index in [1.165, 1.54) is 12.1 Å². The predicted octanol–water partition coefficient (Wildman–Crippen LogP) is 15.4. The van der Waals surface area contributed by atoms with Crippen LogP contribution >= 0.6 is 0 Å². The van der Waals surface area contributed by atoms with Crippen LogP contribution in [0.1, 0.15) is 27.8 Å². The zero-order valence-electron chi connectivity index (χ0n) is 33.2. The number of rotatable bonds is 5. The zero-order valence-corrected chi connectivity index (χ0v) is 33.2. The van der Waals surface area contributed by atoms with Crippen molar-refractivity contribution in [2.24, 2.45) is 0 Å². The number of para-hydroxylation sites is 2. The molecular weight excluding hydrogens is 793 g/mol. The van der Waals surface area contributed by atoms with Crippen LogP contribution in [0.25, 0.3) is 88.4 Å². The van der Waals surface area contributed by atoms with Crippen molar-refractivity contribution in [3.63, 3.8) is 0 Å². The van der Waals surface area contributed by atoms with Gasteiger partial charge in [-0.15, -0.1) is 0 Å². The van der Waals surface area contributed by atoms with Crippen molar-refractivity contribution in [3.8, 4) is 50.8 Å². The minimum absolute atomic E-state index is 0.281. The van der Waals surface area contributed by atoms with Gasteiger partial charge in [-0.1, -0.05) is 114 Å². The monoisotopic (exact) mass is 825 g/mol. The zero-order chi connectivity index (χ0) is 43.1. The lowest BCUT2D eigenvalue weighted by molar-refractivity contribution is -0.142. The van der Waals surface area contributed by atoms with Crippen molar-refractivity contribution in [1.82, 2.24) is 9.13 Å². The molecule has 0 spiro atoms. The maximum atomic E-state index is 14.9. The maximum absolute atomic E-state index is 14.9. The molecule has 2 heterocycles. The minimum atomic E-state index is -5.18. The van der Waals surface area contributed by atoms with E-state index in [0.29, 0.717) is 28.9 Å². The molecule has 0 aliphatic rings. The fraction of sp³-hybridized carbons (Fsp3) is 0.0755. The van der Waals surface area contributed by atoms with E-state index in [-0.39, 0.29) is 11.3 Å². The van der Waals surface area contributed by atoms with E-state index in [1.807, 2.05) is 150 Å². The van der Waals surface area contributed by atoms with Gasteiger partial charge in [0, 0.05) is 32.7 Å². The molecule has 2 aromatic heterocycles. The number of nitrogens with zero attached hydrogens (tertiary/aromatic N) is 3. The fourth-order valence-electron chi connectivity index (χ4n) is 8.87. The molecule has 0 amide bonds. The first-order valence-electron chi connectivity index (χ1n) is 19.9. The second-order valence-electron chi connectivity index (χ2n) is 15.6. The Bertz CT molecular complexity index is 3420. The van der Waals surface area contributed by atoms with Crippen molar-refractivity contribution in [1.29, 1.82) is 5.26 Å². The molecule has 0 unspecified atom stereocenters. The lowest BCUT2D eigenvalue weighted by atomic mass is 9.89. The van der Waals surface area contributed by atoms with E-state index >= 15 is 0 Å². The quantitative estimate of drug-likeness (QED) is 0.159. The average Bonchev–Trinajstić information content (AvgIpc) is 3.77. The molecule has 10 aromatic rings. The summed E-state index contributed by atoms with van der Waals surface area (Å²) in [6.45, 7) is 4.03. The van der Waals surface area contributed by atoms with Crippen LogP contribution in [0.3, 0.4) is 0 Å². The lowest BCUT2D eigenvalue weighted by Gasteiger charge is -2.23. The SMILES string of the molecule is Cc1ccc(-c2ccc3c(c2)c2ccccc2n3-c2cc(C#N)c(-c3c(C(F)(F)F)cccc3C(F)(F)F)cc2-n2c3ccccc3c3cc(-c4ccc(C)cc4)ccc32)cc1. The van der Waals surface area contributed by atoms with Gasteiger partial charge < -0.3 is 9.13 Å². The van der Waals surface area contributed by atoms with Crippen molar-refractivity contribution in [2.75, 3.05) is 0 Å². The van der Waals surface area contributed by atoms with Gasteiger partial charge in [0.2, 0.25) is 0 Å². The van der Waals surface area contributed by atoms with Gasteiger partial charge in [0.05, 0.1) is 56.2 Å². The van der Waals surface area contributed by atoms with Crippen LogP contribution in [0.15, 0.2) is 164 Å². The highest BCUT2D eigenvalue weighted by Gasteiger charge is 2.42. The van der Waals surface area contributed by atoms with E-state index in [1.54, 1.807) is 0 Å². The Labute approximate surface area is 351 Å². The van der Waals surface area contributed by atoms with Crippen LogP contribution < -0.4 is 0 Å². The predicted molar refractivity (Wildman–Crippen MR) is 236 cm³/mol. The van der Waals surface area contributed by atoms with Crippen molar-refractivity contribution in [3.05, 3.63) is 192 Å². The van der Waals surface area contributed by atoms with Crippen molar-refractivity contribution >= 4 is 43.6 Å². The Morgan fingerprint density at radius 2 is 0.823 bits per heavy atom. The Kier molecular flexibility index (Phi) is 8.89. The second-order valence-corrected chi connectivity index (χ2v) is 15.6. The minimum Gasteiger partial charge on any atom is -0.307 e. The Morgan fingerprint density at radius 3 is 1.26 bits per heavy atom. The normalized spacial score (nSPS) is 12.2. The number of benzene rings is 8. The van der Waals surface area contributed by atoms with Crippen LogP contribution in [-0.2, 0) is 12.4 Å². The summed E-state index contributed by atoms with van der Waals surface area (Å²) in [6, 6.07) is 50.3. The number of hydrogen-bond donors (Lipinski definition) is 0. The highest BCUT2D eigenvalue weighted by Crippen LogP contribution is 2.48. The van der Waals surface area contributed by atoms with Crippen LogP contribution in [0.5, 0.6) is 0 Å². The molecule has 302 valence electrons. The van der Waals surface area contributed by atoms with Crippen LogP contribution in [0.4, 0.5) is 26.3 Å². The summed E-state index contributed by atoms with van der Waals surface area (Å²) < 4.78 is 93.2. The summed E-state index contributed by atoms with van der Waals surface area (Å²) in [5.41, 5.74) is 4.64. The highest BCUT2D eigenvalue weighted by atomic mass is 19.4. The summed E-state index contributed by atoms with van der Waals surface area (Å²) in [5, 5.41) is 14.2. The molecular formula is C53H33F6N3. The molecule has 3 nitrogen and oxygen atoms in total. The van der Waals surface area contributed by atoms with Gasteiger partial charge >= 0.3 is 12.4 Å². The van der Waals surface area contributed by atoms with Gasteiger partial charge in [-0.25, -0.2) is 0 Å². The average molecular weight is 826 g/mol. The molecule has 8 aromatic carbocycles. The van der Waals surface area contributed by atoms with Gasteiger partial charge in [-0.05, 0) is 96.8 Å². The number of hydrogen-bond acceptors (Lipinski definition) is 1. The number of aromatic nitrogens is 2. The summed E-state index contributed by atoms with van der Waals surface area (Å²) in [6.07, 6.45) is -10.4. The third-order valence-corrected chi connectivity index (χ3v) is 11.8. The largest absolute Gasteiger partial charge is 0.417 e.